The molecular weight excluding hydrogens is 465 g/mol. The van der Waals surface area contributed by atoms with Gasteiger partial charge in [-0.1, -0.05) is 12.1 Å². The highest BCUT2D eigenvalue weighted by Crippen LogP contribution is 2.41. The van der Waals surface area contributed by atoms with Gasteiger partial charge in [-0.25, -0.2) is 19.2 Å². The molecular formula is C26H28FN5O4. The summed E-state index contributed by atoms with van der Waals surface area (Å²) >= 11 is 0. The molecule has 5 rings (SSSR count). The number of H-pyrrole nitrogens is 1. The SMILES string of the molecule is CC(C)(C)OC(=O)C(c1[nH]c2c(c1C(=O)O)CCc1cnc(-c3cccc(F)c3)nc1-2)C1(N)CNC1. The smallest absolute Gasteiger partial charge is 0.337 e. The van der Waals surface area contributed by atoms with Crippen LogP contribution in [0.3, 0.4) is 0 Å². The molecule has 3 aromatic rings. The van der Waals surface area contributed by atoms with E-state index >= 15 is 0 Å². The maximum atomic E-state index is 13.8. The van der Waals surface area contributed by atoms with Gasteiger partial charge in [0.2, 0.25) is 0 Å². The third-order valence-corrected chi connectivity index (χ3v) is 6.59. The fourth-order valence-corrected chi connectivity index (χ4v) is 4.92. The number of halogens is 1. The number of aromatic nitrogens is 3. The van der Waals surface area contributed by atoms with Gasteiger partial charge in [0.25, 0.3) is 0 Å². The van der Waals surface area contributed by atoms with Gasteiger partial charge in [-0.15, -0.1) is 0 Å². The second kappa shape index (κ2) is 8.49. The minimum Gasteiger partial charge on any atom is -0.478 e. The molecule has 1 aliphatic carbocycles. The summed E-state index contributed by atoms with van der Waals surface area (Å²) in [4.78, 5) is 38.2. The maximum Gasteiger partial charge on any atom is 0.337 e. The number of rotatable bonds is 5. The number of aromatic amines is 1. The molecule has 188 valence electrons. The van der Waals surface area contributed by atoms with Crippen LogP contribution in [0.15, 0.2) is 30.5 Å². The van der Waals surface area contributed by atoms with Gasteiger partial charge in [0, 0.05) is 30.5 Å². The number of benzene rings is 1. The quantitative estimate of drug-likeness (QED) is 0.397. The zero-order valence-electron chi connectivity index (χ0n) is 20.3. The van der Waals surface area contributed by atoms with Gasteiger partial charge in [0.05, 0.1) is 22.5 Å². The Morgan fingerprint density at radius 3 is 2.61 bits per heavy atom. The van der Waals surface area contributed by atoms with E-state index in [1.165, 1.54) is 12.1 Å². The van der Waals surface area contributed by atoms with Crippen molar-refractivity contribution in [1.29, 1.82) is 0 Å². The van der Waals surface area contributed by atoms with Gasteiger partial charge in [0.15, 0.2) is 5.82 Å². The summed E-state index contributed by atoms with van der Waals surface area (Å²) in [6.45, 7) is 5.93. The first-order valence-electron chi connectivity index (χ1n) is 11.8. The minimum atomic E-state index is -1.16. The third-order valence-electron chi connectivity index (χ3n) is 6.59. The van der Waals surface area contributed by atoms with Crippen molar-refractivity contribution in [3.05, 3.63) is 58.7 Å². The van der Waals surface area contributed by atoms with Crippen LogP contribution in [0.1, 0.15) is 53.9 Å². The minimum absolute atomic E-state index is 0.0224. The van der Waals surface area contributed by atoms with Crippen LogP contribution in [0.25, 0.3) is 22.8 Å². The van der Waals surface area contributed by atoms with Crippen molar-refractivity contribution in [2.24, 2.45) is 5.73 Å². The van der Waals surface area contributed by atoms with E-state index in [-0.39, 0.29) is 11.3 Å². The molecule has 0 bridgehead atoms. The average Bonchev–Trinajstić information content (AvgIpc) is 3.16. The van der Waals surface area contributed by atoms with Crippen LogP contribution in [-0.4, -0.2) is 56.2 Å². The topological polar surface area (TPSA) is 143 Å². The van der Waals surface area contributed by atoms with Crippen LogP contribution < -0.4 is 11.1 Å². The highest BCUT2D eigenvalue weighted by Gasteiger charge is 2.50. The van der Waals surface area contributed by atoms with Crippen molar-refractivity contribution in [1.82, 2.24) is 20.3 Å². The van der Waals surface area contributed by atoms with Crippen molar-refractivity contribution in [2.75, 3.05) is 13.1 Å². The van der Waals surface area contributed by atoms with E-state index in [1.54, 1.807) is 39.1 Å². The van der Waals surface area contributed by atoms with E-state index in [9.17, 15) is 19.1 Å². The summed E-state index contributed by atoms with van der Waals surface area (Å²) in [5, 5.41) is 13.3. The molecule has 2 aromatic heterocycles. The van der Waals surface area contributed by atoms with E-state index < -0.39 is 34.8 Å². The molecule has 0 radical (unpaired) electrons. The zero-order valence-corrected chi connectivity index (χ0v) is 20.3. The van der Waals surface area contributed by atoms with Crippen molar-refractivity contribution < 1.29 is 23.8 Å². The first-order valence-corrected chi connectivity index (χ1v) is 11.8. The first kappa shape index (κ1) is 24.1. The Morgan fingerprint density at radius 2 is 2.00 bits per heavy atom. The molecule has 1 aromatic carbocycles. The fraction of sp³-hybridized carbons (Fsp3) is 0.385. The molecule has 5 N–H and O–H groups in total. The second-order valence-corrected chi connectivity index (χ2v) is 10.5. The molecule has 1 aliphatic heterocycles. The zero-order chi connectivity index (χ0) is 25.8. The molecule has 1 fully saturated rings. The second-order valence-electron chi connectivity index (χ2n) is 10.5. The predicted octanol–water partition coefficient (Wildman–Crippen LogP) is 2.80. The molecule has 2 aliphatic rings. The van der Waals surface area contributed by atoms with Crippen LogP contribution in [0.5, 0.6) is 0 Å². The van der Waals surface area contributed by atoms with E-state index in [0.717, 1.165) is 5.56 Å². The van der Waals surface area contributed by atoms with Crippen LogP contribution >= 0.6 is 0 Å². The number of nitrogens with one attached hydrogen (secondary N) is 2. The van der Waals surface area contributed by atoms with E-state index in [0.29, 0.717) is 54.3 Å². The van der Waals surface area contributed by atoms with Crippen LogP contribution in [0, 0.1) is 5.82 Å². The Morgan fingerprint density at radius 1 is 1.25 bits per heavy atom. The largest absolute Gasteiger partial charge is 0.478 e. The first-order chi connectivity index (χ1) is 17.0. The summed E-state index contributed by atoms with van der Waals surface area (Å²) in [6.07, 6.45) is 2.63. The number of esters is 1. The average molecular weight is 494 g/mol. The third kappa shape index (κ3) is 4.16. The molecule has 3 heterocycles. The predicted molar refractivity (Wildman–Crippen MR) is 130 cm³/mol. The Balaban J connectivity index is 1.67. The van der Waals surface area contributed by atoms with E-state index in [2.05, 4.69) is 20.3 Å². The number of nitrogens with zero attached hydrogens (tertiary/aromatic N) is 2. The Bertz CT molecular complexity index is 1370. The monoisotopic (exact) mass is 493 g/mol. The Kier molecular flexibility index (Phi) is 5.68. The lowest BCUT2D eigenvalue weighted by Gasteiger charge is -2.44. The molecule has 1 saturated heterocycles. The number of carboxylic acid groups (broad SMARTS) is 1. The molecule has 1 unspecified atom stereocenters. The van der Waals surface area contributed by atoms with Crippen molar-refractivity contribution in [3.8, 4) is 22.8 Å². The number of hydrogen-bond donors (Lipinski definition) is 4. The van der Waals surface area contributed by atoms with Crippen molar-refractivity contribution in [3.63, 3.8) is 0 Å². The number of carboxylic acids is 1. The number of fused-ring (bicyclic) bond motifs is 3. The summed E-state index contributed by atoms with van der Waals surface area (Å²) in [5.74, 6) is -2.86. The molecule has 0 saturated carbocycles. The highest BCUT2D eigenvalue weighted by molar-refractivity contribution is 5.97. The van der Waals surface area contributed by atoms with Crippen molar-refractivity contribution in [2.45, 2.75) is 50.7 Å². The van der Waals surface area contributed by atoms with Crippen LogP contribution in [0.4, 0.5) is 4.39 Å². The molecule has 0 amide bonds. The molecule has 1 atom stereocenters. The highest BCUT2D eigenvalue weighted by atomic mass is 19.1. The summed E-state index contributed by atoms with van der Waals surface area (Å²) < 4.78 is 19.5. The van der Waals surface area contributed by atoms with Gasteiger partial charge in [-0.3, -0.25) is 4.79 Å². The number of aromatic carboxylic acids is 1. The van der Waals surface area contributed by atoms with Gasteiger partial charge in [-0.05, 0) is 56.9 Å². The fourth-order valence-electron chi connectivity index (χ4n) is 4.92. The standard InChI is InChI=1S/C26H28FN5O4/c1-25(2,3)36-24(35)18(26(28)11-29-12-26)21-17(23(33)34)16-8-7-14-10-30-22(32-19(14)20(16)31-21)13-5-4-6-15(27)9-13/h4-6,9-10,18,29,31H,7-8,11-12,28H2,1-3H3,(H,33,34). The summed E-state index contributed by atoms with van der Waals surface area (Å²) in [7, 11) is 0. The van der Waals surface area contributed by atoms with Crippen LogP contribution in [-0.2, 0) is 22.4 Å². The summed E-state index contributed by atoms with van der Waals surface area (Å²) in [6, 6.07) is 5.96. The number of carbonyl (C=O) groups excluding carboxylic acids is 1. The molecule has 10 heteroatoms. The number of hydrogen-bond acceptors (Lipinski definition) is 7. The normalized spacial score (nSPS) is 16.9. The molecule has 0 spiro atoms. The number of nitrogens with two attached hydrogens (primary N) is 1. The number of ether oxygens (including phenoxy) is 1. The number of aryl methyl sites for hydroxylation is 1. The summed E-state index contributed by atoms with van der Waals surface area (Å²) in [5.41, 5.74) is 7.96. The lowest BCUT2D eigenvalue weighted by atomic mass is 9.76. The van der Waals surface area contributed by atoms with Crippen molar-refractivity contribution >= 4 is 11.9 Å². The van der Waals surface area contributed by atoms with Gasteiger partial charge in [0.1, 0.15) is 17.3 Å². The van der Waals surface area contributed by atoms with Gasteiger partial charge in [-0.2, -0.15) is 0 Å². The molecule has 36 heavy (non-hydrogen) atoms. The number of carbonyl (C=O) groups is 2. The molecule has 9 nitrogen and oxygen atoms in total. The van der Waals surface area contributed by atoms with Gasteiger partial charge >= 0.3 is 11.9 Å². The maximum absolute atomic E-state index is 13.8. The van der Waals surface area contributed by atoms with Crippen LogP contribution in [0.2, 0.25) is 0 Å². The lowest BCUT2D eigenvalue weighted by Crippen LogP contribution is -2.70. The Labute approximate surface area is 207 Å². The Hall–Kier alpha value is -3.63. The van der Waals surface area contributed by atoms with Gasteiger partial charge < -0.3 is 25.9 Å². The lowest BCUT2D eigenvalue weighted by molar-refractivity contribution is -0.159. The van der Waals surface area contributed by atoms with E-state index in [4.69, 9.17) is 10.5 Å². The van der Waals surface area contributed by atoms with E-state index in [1.807, 2.05) is 0 Å².